The van der Waals surface area contributed by atoms with Gasteiger partial charge in [-0.25, -0.2) is 0 Å². The van der Waals surface area contributed by atoms with E-state index in [4.69, 9.17) is 5.11 Å². The first-order chi connectivity index (χ1) is 8.16. The van der Waals surface area contributed by atoms with Gasteiger partial charge in [0.25, 0.3) is 0 Å². The quantitative estimate of drug-likeness (QED) is 0.514. The van der Waals surface area contributed by atoms with Gasteiger partial charge in [-0.2, -0.15) is 0 Å². The molecule has 0 rings (SSSR count). The minimum absolute atomic E-state index is 0.106. The number of carboxylic acids is 1. The molecule has 0 amide bonds. The van der Waals surface area contributed by atoms with Crippen molar-refractivity contribution in [3.63, 3.8) is 0 Å². The molecule has 3 heteroatoms. The Kier molecular flexibility index (Phi) is 11.5. The highest BCUT2D eigenvalue weighted by molar-refractivity contribution is 5.66. The maximum absolute atomic E-state index is 10.3. The number of aliphatic hydroxyl groups excluding tert-OH is 1. The van der Waals surface area contributed by atoms with Gasteiger partial charge in [-0.1, -0.05) is 51.9 Å². The van der Waals surface area contributed by atoms with Gasteiger partial charge in [0.15, 0.2) is 0 Å². The van der Waals surface area contributed by atoms with Crippen molar-refractivity contribution >= 4 is 5.97 Å². The highest BCUT2D eigenvalue weighted by Crippen LogP contribution is 2.12. The first kappa shape index (κ1) is 16.4. The van der Waals surface area contributed by atoms with E-state index in [9.17, 15) is 9.90 Å². The Labute approximate surface area is 105 Å². The molecule has 0 aromatic rings. The highest BCUT2D eigenvalue weighted by Gasteiger charge is 2.00. The maximum atomic E-state index is 10.3. The minimum atomic E-state index is -0.681. The molecule has 17 heavy (non-hydrogen) atoms. The standard InChI is InChI=1S/C14H28O3/c1-2-13(15)11-9-7-5-3-4-6-8-10-12-14(16)17/h13,15H,2-12H2,1H3,(H,16,17)/t13-/m1/s1. The van der Waals surface area contributed by atoms with E-state index in [1.165, 1.54) is 25.7 Å². The summed E-state index contributed by atoms with van der Waals surface area (Å²) >= 11 is 0. The van der Waals surface area contributed by atoms with Crippen LogP contribution in [-0.4, -0.2) is 22.3 Å². The molecule has 3 nitrogen and oxygen atoms in total. The van der Waals surface area contributed by atoms with Crippen LogP contribution < -0.4 is 0 Å². The van der Waals surface area contributed by atoms with E-state index in [1.54, 1.807) is 0 Å². The smallest absolute Gasteiger partial charge is 0.303 e. The average Bonchev–Trinajstić information content (AvgIpc) is 2.30. The van der Waals surface area contributed by atoms with Gasteiger partial charge in [-0.05, 0) is 19.3 Å². The minimum Gasteiger partial charge on any atom is -0.481 e. The lowest BCUT2D eigenvalue weighted by molar-refractivity contribution is -0.137. The van der Waals surface area contributed by atoms with Gasteiger partial charge in [0, 0.05) is 6.42 Å². The fraction of sp³-hybridized carbons (Fsp3) is 0.929. The van der Waals surface area contributed by atoms with E-state index < -0.39 is 5.97 Å². The summed E-state index contributed by atoms with van der Waals surface area (Å²) in [7, 11) is 0. The Bertz CT molecular complexity index is 180. The second-order valence-corrected chi connectivity index (χ2v) is 4.82. The zero-order chi connectivity index (χ0) is 12.9. The van der Waals surface area contributed by atoms with Crippen LogP contribution >= 0.6 is 0 Å². The molecule has 0 bridgehead atoms. The normalized spacial score (nSPS) is 12.6. The van der Waals surface area contributed by atoms with Gasteiger partial charge in [-0.3, -0.25) is 4.79 Å². The summed E-state index contributed by atoms with van der Waals surface area (Å²) in [5.41, 5.74) is 0. The molecule has 0 aliphatic rings. The van der Waals surface area contributed by atoms with Gasteiger partial charge in [0.05, 0.1) is 6.10 Å². The molecule has 0 saturated heterocycles. The van der Waals surface area contributed by atoms with Crippen LogP contribution in [0.3, 0.4) is 0 Å². The third-order valence-electron chi connectivity index (χ3n) is 3.15. The zero-order valence-electron chi connectivity index (χ0n) is 11.2. The van der Waals surface area contributed by atoms with E-state index >= 15 is 0 Å². The molecule has 0 aromatic carbocycles. The Morgan fingerprint density at radius 2 is 1.41 bits per heavy atom. The Balaban J connectivity index is 3.01. The van der Waals surface area contributed by atoms with Crippen LogP contribution in [0.2, 0.25) is 0 Å². The van der Waals surface area contributed by atoms with Crippen LogP contribution in [-0.2, 0) is 4.79 Å². The van der Waals surface area contributed by atoms with Gasteiger partial charge in [0.2, 0.25) is 0 Å². The van der Waals surface area contributed by atoms with Crippen LogP contribution in [0.15, 0.2) is 0 Å². The van der Waals surface area contributed by atoms with Crippen molar-refractivity contribution in [1.29, 1.82) is 0 Å². The molecule has 102 valence electrons. The Morgan fingerprint density at radius 3 is 1.88 bits per heavy atom. The largest absolute Gasteiger partial charge is 0.481 e. The van der Waals surface area contributed by atoms with E-state index in [1.807, 2.05) is 6.92 Å². The van der Waals surface area contributed by atoms with Crippen LogP contribution in [0.25, 0.3) is 0 Å². The number of hydrogen-bond acceptors (Lipinski definition) is 2. The number of rotatable bonds is 12. The molecule has 0 heterocycles. The second-order valence-electron chi connectivity index (χ2n) is 4.82. The first-order valence-corrected chi connectivity index (χ1v) is 7.06. The molecule has 0 aliphatic carbocycles. The Hall–Kier alpha value is -0.570. The maximum Gasteiger partial charge on any atom is 0.303 e. The molecule has 0 fully saturated rings. The van der Waals surface area contributed by atoms with E-state index in [0.717, 1.165) is 38.5 Å². The molecule has 0 aromatic heterocycles. The van der Waals surface area contributed by atoms with Crippen molar-refractivity contribution in [2.45, 2.75) is 83.7 Å². The molecule has 0 radical (unpaired) electrons. The molecule has 2 N–H and O–H groups in total. The van der Waals surface area contributed by atoms with Crippen LogP contribution in [0.5, 0.6) is 0 Å². The number of aliphatic carboxylic acids is 1. The van der Waals surface area contributed by atoms with Gasteiger partial charge in [0.1, 0.15) is 0 Å². The highest BCUT2D eigenvalue weighted by atomic mass is 16.4. The Morgan fingerprint density at radius 1 is 0.941 bits per heavy atom. The summed E-state index contributed by atoms with van der Waals surface area (Å²) in [6.07, 6.45) is 11.1. The third-order valence-corrected chi connectivity index (χ3v) is 3.15. The van der Waals surface area contributed by atoms with Crippen LogP contribution in [0.1, 0.15) is 77.6 Å². The number of aliphatic hydroxyl groups is 1. The topological polar surface area (TPSA) is 57.5 Å². The fourth-order valence-corrected chi connectivity index (χ4v) is 1.92. The number of unbranched alkanes of at least 4 members (excludes halogenated alkanes) is 7. The average molecular weight is 244 g/mol. The summed E-state index contributed by atoms with van der Waals surface area (Å²) in [5.74, 6) is -0.681. The molecule has 0 aliphatic heterocycles. The monoisotopic (exact) mass is 244 g/mol. The SMILES string of the molecule is CC[C@@H](O)CCCCCCCCCCC(=O)O. The summed E-state index contributed by atoms with van der Waals surface area (Å²) in [5, 5.41) is 17.8. The summed E-state index contributed by atoms with van der Waals surface area (Å²) in [4.78, 5) is 10.3. The summed E-state index contributed by atoms with van der Waals surface area (Å²) < 4.78 is 0. The fourth-order valence-electron chi connectivity index (χ4n) is 1.92. The van der Waals surface area contributed by atoms with Crippen molar-refractivity contribution in [1.82, 2.24) is 0 Å². The molecule has 1 atom stereocenters. The van der Waals surface area contributed by atoms with Crippen LogP contribution in [0, 0.1) is 0 Å². The lowest BCUT2D eigenvalue weighted by atomic mass is 10.0. The first-order valence-electron chi connectivity index (χ1n) is 7.06. The molecule has 0 saturated carbocycles. The van der Waals surface area contributed by atoms with Crippen molar-refractivity contribution < 1.29 is 15.0 Å². The number of carboxylic acid groups (broad SMARTS) is 1. The van der Waals surface area contributed by atoms with E-state index in [0.29, 0.717) is 6.42 Å². The second kappa shape index (κ2) is 11.9. The van der Waals surface area contributed by atoms with Crippen molar-refractivity contribution in [3.05, 3.63) is 0 Å². The predicted molar refractivity (Wildman–Crippen MR) is 70.1 cm³/mol. The van der Waals surface area contributed by atoms with Crippen molar-refractivity contribution in [2.24, 2.45) is 0 Å². The summed E-state index contributed by atoms with van der Waals surface area (Å²) in [6, 6.07) is 0. The molecule has 0 spiro atoms. The predicted octanol–water partition coefficient (Wildman–Crippen LogP) is 3.74. The van der Waals surface area contributed by atoms with Crippen molar-refractivity contribution in [3.8, 4) is 0 Å². The lowest BCUT2D eigenvalue weighted by Crippen LogP contribution is -2.03. The number of carbonyl (C=O) groups is 1. The third kappa shape index (κ3) is 13.4. The summed E-state index contributed by atoms with van der Waals surface area (Å²) in [6.45, 7) is 2.02. The number of hydrogen-bond donors (Lipinski definition) is 2. The van der Waals surface area contributed by atoms with Gasteiger partial charge in [-0.15, -0.1) is 0 Å². The van der Waals surface area contributed by atoms with Crippen LogP contribution in [0.4, 0.5) is 0 Å². The van der Waals surface area contributed by atoms with Gasteiger partial charge >= 0.3 is 5.97 Å². The van der Waals surface area contributed by atoms with E-state index in [-0.39, 0.29) is 6.10 Å². The molecule has 0 unspecified atom stereocenters. The van der Waals surface area contributed by atoms with E-state index in [2.05, 4.69) is 0 Å². The molecular formula is C14H28O3. The van der Waals surface area contributed by atoms with Gasteiger partial charge < -0.3 is 10.2 Å². The zero-order valence-corrected chi connectivity index (χ0v) is 11.2. The molecular weight excluding hydrogens is 216 g/mol. The lowest BCUT2D eigenvalue weighted by Gasteiger charge is -2.06. The van der Waals surface area contributed by atoms with Crippen molar-refractivity contribution in [2.75, 3.05) is 0 Å².